The SMILES string of the molecule is CCC(CC(=O)O)c1c(I)cc(I)c(NC(=O)CN(CC)CCO)c1I. The van der Waals surface area contributed by atoms with Crippen LogP contribution in [0.3, 0.4) is 0 Å². The maximum atomic E-state index is 12.4. The summed E-state index contributed by atoms with van der Waals surface area (Å²) in [5, 5.41) is 21.2. The molecule has 1 amide bonds. The van der Waals surface area contributed by atoms with Gasteiger partial charge in [0.1, 0.15) is 0 Å². The first kappa shape index (κ1) is 24.3. The molecule has 0 spiro atoms. The first-order valence-corrected chi connectivity index (χ1v) is 11.5. The lowest BCUT2D eigenvalue weighted by atomic mass is 9.93. The van der Waals surface area contributed by atoms with E-state index in [1.54, 1.807) is 0 Å². The Bertz CT molecular complexity index is 655. The van der Waals surface area contributed by atoms with Gasteiger partial charge in [-0.15, -0.1) is 0 Å². The molecule has 146 valence electrons. The van der Waals surface area contributed by atoms with Crippen molar-refractivity contribution in [3.8, 4) is 0 Å². The number of rotatable bonds is 10. The molecule has 0 saturated carbocycles. The zero-order valence-electron chi connectivity index (χ0n) is 14.7. The Morgan fingerprint density at radius 3 is 2.38 bits per heavy atom. The molecule has 0 aliphatic heterocycles. The Kier molecular flexibility index (Phi) is 11.2. The maximum Gasteiger partial charge on any atom is 0.303 e. The van der Waals surface area contributed by atoms with Crippen molar-refractivity contribution in [3.63, 3.8) is 0 Å². The summed E-state index contributed by atoms with van der Waals surface area (Å²) in [4.78, 5) is 25.5. The van der Waals surface area contributed by atoms with E-state index >= 15 is 0 Å². The van der Waals surface area contributed by atoms with E-state index in [0.29, 0.717) is 19.5 Å². The number of aliphatic carboxylic acids is 1. The fourth-order valence-corrected chi connectivity index (χ4v) is 7.15. The van der Waals surface area contributed by atoms with E-state index in [1.807, 2.05) is 24.8 Å². The molecule has 26 heavy (non-hydrogen) atoms. The number of hydrogen-bond donors (Lipinski definition) is 3. The number of nitrogens with zero attached hydrogens (tertiary/aromatic N) is 1. The van der Waals surface area contributed by atoms with Crippen LogP contribution in [-0.4, -0.2) is 53.2 Å². The molecule has 0 saturated heterocycles. The lowest BCUT2D eigenvalue weighted by Crippen LogP contribution is -2.35. The van der Waals surface area contributed by atoms with Crippen molar-refractivity contribution in [1.29, 1.82) is 0 Å². The van der Waals surface area contributed by atoms with Crippen LogP contribution in [-0.2, 0) is 9.59 Å². The van der Waals surface area contributed by atoms with Gasteiger partial charge in [0.05, 0.1) is 25.3 Å². The summed E-state index contributed by atoms with van der Waals surface area (Å²) in [6, 6.07) is 1.98. The minimum absolute atomic E-state index is 0.0111. The third kappa shape index (κ3) is 7.02. The number of carbonyl (C=O) groups is 2. The highest BCUT2D eigenvalue weighted by atomic mass is 127. The number of carboxylic acid groups (broad SMARTS) is 1. The Balaban J connectivity index is 3.14. The number of benzene rings is 1. The minimum atomic E-state index is -0.824. The summed E-state index contributed by atoms with van der Waals surface area (Å²) in [5.41, 5.74) is 1.71. The number of nitrogens with one attached hydrogen (secondary N) is 1. The molecular weight excluding hydrogens is 677 g/mol. The molecule has 9 heteroatoms. The Hall–Kier alpha value is 0.270. The zero-order valence-corrected chi connectivity index (χ0v) is 21.2. The third-order valence-electron chi connectivity index (χ3n) is 4.02. The number of aliphatic hydroxyl groups excluding tert-OH is 1. The number of halogens is 3. The van der Waals surface area contributed by atoms with Crippen molar-refractivity contribution in [2.24, 2.45) is 0 Å². The molecule has 3 N–H and O–H groups in total. The summed E-state index contributed by atoms with van der Waals surface area (Å²) in [6.45, 7) is 5.26. The number of anilines is 1. The Labute approximate surface area is 194 Å². The molecule has 0 heterocycles. The molecule has 1 unspecified atom stereocenters. The van der Waals surface area contributed by atoms with Gasteiger partial charge in [-0.2, -0.15) is 0 Å². The topological polar surface area (TPSA) is 89.9 Å². The molecule has 6 nitrogen and oxygen atoms in total. The summed E-state index contributed by atoms with van der Waals surface area (Å²) in [7, 11) is 0. The quantitative estimate of drug-likeness (QED) is 0.324. The molecule has 0 radical (unpaired) electrons. The van der Waals surface area contributed by atoms with Gasteiger partial charge in [-0.1, -0.05) is 13.8 Å². The highest BCUT2D eigenvalue weighted by Crippen LogP contribution is 2.38. The van der Waals surface area contributed by atoms with E-state index in [0.717, 1.165) is 22.0 Å². The first-order valence-electron chi connectivity index (χ1n) is 8.27. The number of likely N-dealkylation sites (N-methyl/N-ethyl adjacent to an activating group) is 1. The minimum Gasteiger partial charge on any atom is -0.481 e. The van der Waals surface area contributed by atoms with Gasteiger partial charge in [-0.3, -0.25) is 14.5 Å². The lowest BCUT2D eigenvalue weighted by molar-refractivity contribution is -0.137. The molecular formula is C17H23I3N2O4. The number of carboxylic acids is 1. The smallest absolute Gasteiger partial charge is 0.303 e. The molecule has 0 aromatic heterocycles. The van der Waals surface area contributed by atoms with Crippen LogP contribution >= 0.6 is 67.8 Å². The second-order valence-electron chi connectivity index (χ2n) is 5.79. The number of aliphatic hydroxyl groups is 1. The van der Waals surface area contributed by atoms with E-state index in [1.165, 1.54) is 0 Å². The second-order valence-corrected chi connectivity index (χ2v) is 9.19. The number of hydrogen-bond acceptors (Lipinski definition) is 4. The van der Waals surface area contributed by atoms with Gasteiger partial charge in [0, 0.05) is 17.3 Å². The maximum absolute atomic E-state index is 12.4. The molecule has 0 fully saturated rings. The van der Waals surface area contributed by atoms with Gasteiger partial charge in [-0.25, -0.2) is 0 Å². The highest BCUT2D eigenvalue weighted by molar-refractivity contribution is 14.1. The molecule has 0 aliphatic carbocycles. The van der Waals surface area contributed by atoms with E-state index in [-0.39, 0.29) is 31.4 Å². The predicted molar refractivity (Wildman–Crippen MR) is 128 cm³/mol. The summed E-state index contributed by atoms with van der Waals surface area (Å²) >= 11 is 6.62. The fourth-order valence-electron chi connectivity index (χ4n) is 2.63. The highest BCUT2D eigenvalue weighted by Gasteiger charge is 2.23. The van der Waals surface area contributed by atoms with Gasteiger partial charge in [0.25, 0.3) is 0 Å². The van der Waals surface area contributed by atoms with Crippen LogP contribution in [0.5, 0.6) is 0 Å². The van der Waals surface area contributed by atoms with Crippen molar-refractivity contribution in [2.75, 3.05) is 31.6 Å². The normalized spacial score (nSPS) is 12.3. The van der Waals surface area contributed by atoms with Crippen LogP contribution in [0, 0.1) is 10.7 Å². The van der Waals surface area contributed by atoms with E-state index in [4.69, 9.17) is 5.11 Å². The summed E-state index contributed by atoms with van der Waals surface area (Å²) in [6.07, 6.45) is 0.781. The average molecular weight is 700 g/mol. The van der Waals surface area contributed by atoms with E-state index < -0.39 is 5.97 Å². The summed E-state index contributed by atoms with van der Waals surface area (Å²) < 4.78 is 2.83. The summed E-state index contributed by atoms with van der Waals surface area (Å²) in [5.74, 6) is -1.06. The number of amides is 1. The van der Waals surface area contributed by atoms with Gasteiger partial charge >= 0.3 is 5.97 Å². The van der Waals surface area contributed by atoms with Crippen molar-refractivity contribution < 1.29 is 19.8 Å². The van der Waals surface area contributed by atoms with E-state index in [9.17, 15) is 14.7 Å². The molecule has 1 aromatic carbocycles. The number of carbonyl (C=O) groups excluding carboxylic acids is 1. The predicted octanol–water partition coefficient (Wildman–Crippen LogP) is 3.72. The van der Waals surface area contributed by atoms with Gasteiger partial charge < -0.3 is 15.5 Å². The molecule has 0 aliphatic rings. The van der Waals surface area contributed by atoms with Crippen molar-refractivity contribution in [2.45, 2.75) is 32.6 Å². The molecule has 1 atom stereocenters. The second kappa shape index (κ2) is 12.0. The lowest BCUT2D eigenvalue weighted by Gasteiger charge is -2.22. The zero-order chi connectivity index (χ0) is 19.9. The van der Waals surface area contributed by atoms with Crippen molar-refractivity contribution in [1.82, 2.24) is 4.90 Å². The third-order valence-corrected chi connectivity index (χ3v) is 6.89. The Morgan fingerprint density at radius 1 is 1.23 bits per heavy atom. The monoisotopic (exact) mass is 700 g/mol. The van der Waals surface area contributed by atoms with Crippen molar-refractivity contribution in [3.05, 3.63) is 22.3 Å². The largest absolute Gasteiger partial charge is 0.481 e. The van der Waals surface area contributed by atoms with Crippen LogP contribution in [0.2, 0.25) is 0 Å². The van der Waals surface area contributed by atoms with E-state index in [2.05, 4.69) is 73.1 Å². The van der Waals surface area contributed by atoms with Crippen LogP contribution in [0.25, 0.3) is 0 Å². The Morgan fingerprint density at radius 2 is 1.88 bits per heavy atom. The van der Waals surface area contributed by atoms with Crippen LogP contribution in [0.15, 0.2) is 6.07 Å². The molecule has 1 aromatic rings. The van der Waals surface area contributed by atoms with Crippen LogP contribution in [0.1, 0.15) is 38.2 Å². The fraction of sp³-hybridized carbons (Fsp3) is 0.529. The first-order chi connectivity index (χ1) is 12.2. The van der Waals surface area contributed by atoms with Gasteiger partial charge in [0.15, 0.2) is 0 Å². The molecule has 0 bridgehead atoms. The average Bonchev–Trinajstić information content (AvgIpc) is 2.56. The van der Waals surface area contributed by atoms with Gasteiger partial charge in [0.2, 0.25) is 5.91 Å². The van der Waals surface area contributed by atoms with Crippen LogP contribution in [0.4, 0.5) is 5.69 Å². The van der Waals surface area contributed by atoms with Crippen LogP contribution < -0.4 is 5.32 Å². The van der Waals surface area contributed by atoms with Gasteiger partial charge in [-0.05, 0) is 98.3 Å². The standard InChI is InChI=1S/C17H23I3N2O4/c1-3-10(7-14(25)26)15-11(18)8-12(19)17(16(15)20)21-13(24)9-22(4-2)5-6-23/h8,10,23H,3-7,9H2,1-2H3,(H,21,24)(H,25,26). The van der Waals surface area contributed by atoms with Crippen molar-refractivity contribution >= 4 is 85.3 Å². The molecule has 1 rings (SSSR count).